The Morgan fingerprint density at radius 1 is 1.33 bits per heavy atom. The monoisotopic (exact) mass is 270 g/mol. The van der Waals surface area contributed by atoms with E-state index in [1.165, 1.54) is 9.88 Å². The summed E-state index contributed by atoms with van der Waals surface area (Å²) >= 11 is 1.80. The van der Waals surface area contributed by atoms with Gasteiger partial charge in [0.2, 0.25) is 0 Å². The van der Waals surface area contributed by atoms with E-state index in [1.54, 1.807) is 11.3 Å². The normalized spacial score (nSPS) is 13.2. The Morgan fingerprint density at radius 3 is 2.72 bits per heavy atom. The number of aryl methyl sites for hydroxylation is 1. The molecule has 0 saturated heterocycles. The highest BCUT2D eigenvalue weighted by Gasteiger charge is 2.08. The summed E-state index contributed by atoms with van der Waals surface area (Å²) in [7, 11) is 0. The van der Waals surface area contributed by atoms with Crippen LogP contribution in [0.2, 0.25) is 0 Å². The third kappa shape index (κ3) is 5.94. The molecule has 0 radical (unpaired) electrons. The van der Waals surface area contributed by atoms with Crippen LogP contribution in [0.1, 0.15) is 50.0 Å². The SMILES string of the molecule is CCc1cnc(C(C)NCCOCCC(C)C)s1. The Kier molecular flexibility index (Phi) is 7.47. The van der Waals surface area contributed by atoms with Gasteiger partial charge in [0.15, 0.2) is 0 Å². The van der Waals surface area contributed by atoms with Gasteiger partial charge in [-0.05, 0) is 25.7 Å². The van der Waals surface area contributed by atoms with Crippen LogP contribution in [0.3, 0.4) is 0 Å². The van der Waals surface area contributed by atoms with E-state index in [2.05, 4.69) is 38.0 Å². The Morgan fingerprint density at radius 2 is 2.11 bits per heavy atom. The first kappa shape index (κ1) is 15.6. The fraction of sp³-hybridized carbons (Fsp3) is 0.786. The lowest BCUT2D eigenvalue weighted by molar-refractivity contribution is 0.123. The minimum atomic E-state index is 0.323. The molecular weight excluding hydrogens is 244 g/mol. The second kappa shape index (κ2) is 8.62. The molecule has 1 unspecified atom stereocenters. The fourth-order valence-electron chi connectivity index (χ4n) is 1.54. The molecule has 0 aromatic carbocycles. The summed E-state index contributed by atoms with van der Waals surface area (Å²) in [6, 6.07) is 0.323. The van der Waals surface area contributed by atoms with Crippen LogP contribution >= 0.6 is 11.3 Å². The topological polar surface area (TPSA) is 34.2 Å². The van der Waals surface area contributed by atoms with Gasteiger partial charge in [0.25, 0.3) is 0 Å². The molecule has 0 spiro atoms. The molecule has 0 fully saturated rings. The molecule has 1 aromatic heterocycles. The summed E-state index contributed by atoms with van der Waals surface area (Å²) in [5.74, 6) is 0.722. The molecule has 0 amide bonds. The van der Waals surface area contributed by atoms with Crippen molar-refractivity contribution in [3.05, 3.63) is 16.1 Å². The van der Waals surface area contributed by atoms with Crippen LogP contribution in [-0.4, -0.2) is 24.7 Å². The Bertz CT molecular complexity index is 325. The summed E-state index contributed by atoms with van der Waals surface area (Å²) in [6.45, 7) is 11.3. The number of rotatable bonds is 9. The Balaban J connectivity index is 2.11. The molecule has 104 valence electrons. The maximum Gasteiger partial charge on any atom is 0.109 e. The minimum Gasteiger partial charge on any atom is -0.380 e. The summed E-state index contributed by atoms with van der Waals surface area (Å²) in [5, 5.41) is 4.62. The number of hydrogen-bond acceptors (Lipinski definition) is 4. The van der Waals surface area contributed by atoms with Crippen LogP contribution < -0.4 is 5.32 Å². The largest absolute Gasteiger partial charge is 0.380 e. The molecule has 4 heteroatoms. The average molecular weight is 270 g/mol. The number of ether oxygens (including phenoxy) is 1. The molecule has 1 atom stereocenters. The van der Waals surface area contributed by atoms with Crippen molar-refractivity contribution in [1.82, 2.24) is 10.3 Å². The summed E-state index contributed by atoms with van der Waals surface area (Å²) in [4.78, 5) is 5.79. The van der Waals surface area contributed by atoms with Gasteiger partial charge in [-0.2, -0.15) is 0 Å². The zero-order chi connectivity index (χ0) is 13.4. The number of nitrogens with zero attached hydrogens (tertiary/aromatic N) is 1. The van der Waals surface area contributed by atoms with E-state index >= 15 is 0 Å². The van der Waals surface area contributed by atoms with Crippen LogP contribution in [0.5, 0.6) is 0 Å². The van der Waals surface area contributed by atoms with Crippen molar-refractivity contribution in [2.75, 3.05) is 19.8 Å². The average Bonchev–Trinajstić information content (AvgIpc) is 2.81. The first-order valence-electron chi connectivity index (χ1n) is 6.89. The molecule has 1 heterocycles. The van der Waals surface area contributed by atoms with Gasteiger partial charge in [-0.25, -0.2) is 4.98 Å². The van der Waals surface area contributed by atoms with Gasteiger partial charge >= 0.3 is 0 Å². The number of nitrogens with one attached hydrogen (secondary N) is 1. The summed E-state index contributed by atoms with van der Waals surface area (Å²) in [5.41, 5.74) is 0. The van der Waals surface area contributed by atoms with Crippen molar-refractivity contribution in [3.63, 3.8) is 0 Å². The number of aromatic nitrogens is 1. The van der Waals surface area contributed by atoms with Crippen molar-refractivity contribution in [3.8, 4) is 0 Å². The van der Waals surface area contributed by atoms with Crippen LogP contribution in [0.25, 0.3) is 0 Å². The molecule has 3 nitrogen and oxygen atoms in total. The zero-order valence-corrected chi connectivity index (χ0v) is 12.8. The molecule has 1 N–H and O–H groups in total. The van der Waals surface area contributed by atoms with E-state index in [9.17, 15) is 0 Å². The van der Waals surface area contributed by atoms with Gasteiger partial charge in [0, 0.05) is 24.2 Å². The van der Waals surface area contributed by atoms with E-state index in [4.69, 9.17) is 4.74 Å². The highest BCUT2D eigenvalue weighted by molar-refractivity contribution is 7.11. The fourth-order valence-corrected chi connectivity index (χ4v) is 2.43. The van der Waals surface area contributed by atoms with Crippen LogP contribution in [0, 0.1) is 5.92 Å². The minimum absolute atomic E-state index is 0.323. The highest BCUT2D eigenvalue weighted by atomic mass is 32.1. The first-order chi connectivity index (χ1) is 8.63. The van der Waals surface area contributed by atoms with Gasteiger partial charge in [-0.3, -0.25) is 0 Å². The molecule has 18 heavy (non-hydrogen) atoms. The van der Waals surface area contributed by atoms with Gasteiger partial charge in [0.1, 0.15) is 5.01 Å². The molecule has 0 aliphatic rings. The van der Waals surface area contributed by atoms with Gasteiger partial charge in [0.05, 0.1) is 12.6 Å². The molecule has 0 bridgehead atoms. The maximum absolute atomic E-state index is 5.58. The van der Waals surface area contributed by atoms with E-state index in [0.29, 0.717) is 6.04 Å². The molecule has 0 aliphatic carbocycles. The van der Waals surface area contributed by atoms with E-state index in [0.717, 1.165) is 38.5 Å². The van der Waals surface area contributed by atoms with E-state index < -0.39 is 0 Å². The molecule has 1 rings (SSSR count). The van der Waals surface area contributed by atoms with Crippen molar-refractivity contribution in [2.45, 2.75) is 46.6 Å². The van der Waals surface area contributed by atoms with Crippen molar-refractivity contribution < 1.29 is 4.74 Å². The Hall–Kier alpha value is -0.450. The van der Waals surface area contributed by atoms with Crippen molar-refractivity contribution in [1.29, 1.82) is 0 Å². The highest BCUT2D eigenvalue weighted by Crippen LogP contribution is 2.19. The van der Waals surface area contributed by atoms with E-state index in [1.807, 2.05) is 6.20 Å². The lowest BCUT2D eigenvalue weighted by Crippen LogP contribution is -2.23. The predicted molar refractivity (Wildman–Crippen MR) is 78.2 cm³/mol. The standard InChI is InChI=1S/C14H26N2OS/c1-5-13-10-16-14(18-13)12(4)15-7-9-17-8-6-11(2)3/h10-12,15H,5-9H2,1-4H3. The van der Waals surface area contributed by atoms with Crippen LogP contribution in [0.15, 0.2) is 6.20 Å². The third-order valence-corrected chi connectivity index (χ3v) is 4.15. The number of hydrogen-bond donors (Lipinski definition) is 1. The smallest absolute Gasteiger partial charge is 0.109 e. The maximum atomic E-state index is 5.58. The Labute approximate surface area is 115 Å². The summed E-state index contributed by atoms with van der Waals surface area (Å²) in [6.07, 6.45) is 4.20. The van der Waals surface area contributed by atoms with Gasteiger partial charge in [-0.15, -0.1) is 11.3 Å². The van der Waals surface area contributed by atoms with Crippen molar-refractivity contribution in [2.24, 2.45) is 5.92 Å². The number of thiazole rings is 1. The summed E-state index contributed by atoms with van der Waals surface area (Å²) < 4.78 is 5.58. The third-order valence-electron chi connectivity index (χ3n) is 2.83. The quantitative estimate of drug-likeness (QED) is 0.698. The molecule has 1 aromatic rings. The van der Waals surface area contributed by atoms with Crippen molar-refractivity contribution >= 4 is 11.3 Å². The van der Waals surface area contributed by atoms with E-state index in [-0.39, 0.29) is 0 Å². The lowest BCUT2D eigenvalue weighted by Gasteiger charge is -2.11. The molecule has 0 saturated carbocycles. The first-order valence-corrected chi connectivity index (χ1v) is 7.70. The lowest BCUT2D eigenvalue weighted by atomic mass is 10.1. The molecule has 0 aliphatic heterocycles. The second-order valence-electron chi connectivity index (χ2n) is 4.99. The molecular formula is C14H26N2OS. The van der Waals surface area contributed by atoms with Crippen LogP contribution in [0.4, 0.5) is 0 Å². The van der Waals surface area contributed by atoms with Gasteiger partial charge in [-0.1, -0.05) is 20.8 Å². The predicted octanol–water partition coefficient (Wildman–Crippen LogP) is 3.42. The van der Waals surface area contributed by atoms with Gasteiger partial charge < -0.3 is 10.1 Å². The zero-order valence-electron chi connectivity index (χ0n) is 12.0. The second-order valence-corrected chi connectivity index (χ2v) is 6.14. The van der Waals surface area contributed by atoms with Crippen LogP contribution in [-0.2, 0) is 11.2 Å².